The first-order valence-corrected chi connectivity index (χ1v) is 6.14. The van der Waals surface area contributed by atoms with Crippen molar-refractivity contribution < 1.29 is 9.21 Å². The van der Waals surface area contributed by atoms with E-state index in [9.17, 15) is 4.79 Å². The molecule has 2 rings (SSSR count). The summed E-state index contributed by atoms with van der Waals surface area (Å²) < 4.78 is 6.12. The summed E-state index contributed by atoms with van der Waals surface area (Å²) in [5, 5.41) is 2.70. The molecule has 0 aliphatic carbocycles. The van der Waals surface area contributed by atoms with E-state index in [1.165, 1.54) is 0 Å². The predicted molar refractivity (Wildman–Crippen MR) is 70.6 cm³/mol. The molecule has 2 aromatic heterocycles. The van der Waals surface area contributed by atoms with Crippen molar-refractivity contribution in [2.45, 2.75) is 20.8 Å². The van der Waals surface area contributed by atoms with Crippen LogP contribution in [0.1, 0.15) is 27.7 Å². The maximum absolute atomic E-state index is 12.0. The summed E-state index contributed by atoms with van der Waals surface area (Å²) in [6, 6.07) is 1.88. The summed E-state index contributed by atoms with van der Waals surface area (Å²) in [5.74, 6) is 0.859. The lowest BCUT2D eigenvalue weighted by Crippen LogP contribution is -2.14. The number of carbonyl (C=O) groups excluding carboxylic acids is 1. The number of aromatic nitrogens is 2. The summed E-state index contributed by atoms with van der Waals surface area (Å²) in [5.41, 5.74) is 1.44. The number of pyridine rings is 1. The van der Waals surface area contributed by atoms with Gasteiger partial charge in [0.15, 0.2) is 5.89 Å². The van der Waals surface area contributed by atoms with Crippen LogP contribution in [0.15, 0.2) is 21.2 Å². The molecule has 0 aromatic carbocycles. The second-order valence-corrected chi connectivity index (χ2v) is 4.84. The third-order valence-corrected chi connectivity index (χ3v) is 2.82. The van der Waals surface area contributed by atoms with Gasteiger partial charge >= 0.3 is 0 Å². The fraction of sp³-hybridized carbons (Fsp3) is 0.250. The highest BCUT2D eigenvalue weighted by molar-refractivity contribution is 9.10. The monoisotopic (exact) mass is 309 g/mol. The molecule has 2 heterocycles. The fourth-order valence-electron chi connectivity index (χ4n) is 1.58. The molecule has 0 aliphatic rings. The van der Waals surface area contributed by atoms with Crippen molar-refractivity contribution in [3.8, 4) is 0 Å². The van der Waals surface area contributed by atoms with Crippen molar-refractivity contribution in [3.05, 3.63) is 39.6 Å². The Morgan fingerprint density at radius 3 is 2.67 bits per heavy atom. The Labute approximate surface area is 113 Å². The van der Waals surface area contributed by atoms with Crippen LogP contribution in [-0.2, 0) is 0 Å². The zero-order chi connectivity index (χ0) is 13.3. The zero-order valence-electron chi connectivity index (χ0n) is 10.2. The SMILES string of the molecule is Cc1nc(C)c(C(=O)Nc2ncc(Br)cc2C)o1. The van der Waals surface area contributed by atoms with E-state index in [1.54, 1.807) is 20.0 Å². The molecule has 1 N–H and O–H groups in total. The summed E-state index contributed by atoms with van der Waals surface area (Å²) >= 11 is 3.32. The first kappa shape index (κ1) is 12.8. The first-order valence-electron chi connectivity index (χ1n) is 5.35. The van der Waals surface area contributed by atoms with Crippen molar-refractivity contribution in [2.75, 3.05) is 5.32 Å². The van der Waals surface area contributed by atoms with Gasteiger partial charge in [-0.25, -0.2) is 9.97 Å². The van der Waals surface area contributed by atoms with Gasteiger partial charge in [0.2, 0.25) is 5.76 Å². The molecule has 0 radical (unpaired) electrons. The van der Waals surface area contributed by atoms with Crippen LogP contribution in [0.4, 0.5) is 5.82 Å². The minimum Gasteiger partial charge on any atom is -0.436 e. The molecule has 0 bridgehead atoms. The van der Waals surface area contributed by atoms with Gasteiger partial charge < -0.3 is 9.73 Å². The molecule has 2 aromatic rings. The lowest BCUT2D eigenvalue weighted by Gasteiger charge is -2.06. The van der Waals surface area contributed by atoms with E-state index in [1.807, 2.05) is 13.0 Å². The van der Waals surface area contributed by atoms with E-state index in [0.29, 0.717) is 17.4 Å². The van der Waals surface area contributed by atoms with Crippen molar-refractivity contribution in [1.82, 2.24) is 9.97 Å². The molecule has 0 saturated heterocycles. The Balaban J connectivity index is 2.24. The van der Waals surface area contributed by atoms with Crippen LogP contribution in [0, 0.1) is 20.8 Å². The van der Waals surface area contributed by atoms with Crippen LogP contribution in [-0.4, -0.2) is 15.9 Å². The molecule has 94 valence electrons. The molecule has 18 heavy (non-hydrogen) atoms. The highest BCUT2D eigenvalue weighted by atomic mass is 79.9. The second-order valence-electron chi connectivity index (χ2n) is 3.92. The number of oxazole rings is 1. The Hall–Kier alpha value is -1.69. The third-order valence-electron chi connectivity index (χ3n) is 2.39. The topological polar surface area (TPSA) is 68.0 Å². The number of nitrogens with one attached hydrogen (secondary N) is 1. The summed E-state index contributed by atoms with van der Waals surface area (Å²) in [6.45, 7) is 5.30. The van der Waals surface area contributed by atoms with Gasteiger partial charge in [0, 0.05) is 17.6 Å². The number of nitrogens with zero attached hydrogens (tertiary/aromatic N) is 2. The second kappa shape index (κ2) is 4.89. The number of halogens is 1. The molecule has 0 atom stereocenters. The smallest absolute Gasteiger partial charge is 0.294 e. The van der Waals surface area contributed by atoms with Gasteiger partial charge in [-0.2, -0.15) is 0 Å². The average Bonchev–Trinajstić information content (AvgIpc) is 2.62. The minimum absolute atomic E-state index is 0.219. The highest BCUT2D eigenvalue weighted by Crippen LogP contribution is 2.18. The van der Waals surface area contributed by atoms with Gasteiger partial charge in [-0.15, -0.1) is 0 Å². The molecule has 6 heteroatoms. The average molecular weight is 310 g/mol. The summed E-state index contributed by atoms with van der Waals surface area (Å²) in [7, 11) is 0. The molecular weight excluding hydrogens is 298 g/mol. The maximum atomic E-state index is 12.0. The first-order chi connectivity index (χ1) is 8.47. The quantitative estimate of drug-likeness (QED) is 0.926. The summed E-state index contributed by atoms with van der Waals surface area (Å²) in [4.78, 5) is 20.2. The van der Waals surface area contributed by atoms with Crippen LogP contribution in [0.3, 0.4) is 0 Å². The van der Waals surface area contributed by atoms with Crippen molar-refractivity contribution in [1.29, 1.82) is 0 Å². The standard InChI is InChI=1S/C12H12BrN3O2/c1-6-4-9(13)5-14-11(6)16-12(17)10-7(2)15-8(3)18-10/h4-5H,1-3H3,(H,14,16,17). The molecule has 0 saturated carbocycles. The molecule has 0 unspecified atom stereocenters. The Bertz CT molecular complexity index is 607. The summed E-state index contributed by atoms with van der Waals surface area (Å²) in [6.07, 6.45) is 1.63. The van der Waals surface area contributed by atoms with E-state index in [-0.39, 0.29) is 11.7 Å². The van der Waals surface area contributed by atoms with Crippen LogP contribution in [0.5, 0.6) is 0 Å². The van der Waals surface area contributed by atoms with Crippen molar-refractivity contribution in [2.24, 2.45) is 0 Å². The number of carbonyl (C=O) groups is 1. The third kappa shape index (κ3) is 2.59. The molecule has 1 amide bonds. The zero-order valence-corrected chi connectivity index (χ0v) is 11.8. The van der Waals surface area contributed by atoms with Gasteiger partial charge in [0.05, 0.1) is 5.69 Å². The highest BCUT2D eigenvalue weighted by Gasteiger charge is 2.17. The van der Waals surface area contributed by atoms with Gasteiger partial charge in [-0.3, -0.25) is 4.79 Å². The Kier molecular flexibility index (Phi) is 3.47. The number of amides is 1. The predicted octanol–water partition coefficient (Wildman–Crippen LogP) is 3.01. The maximum Gasteiger partial charge on any atom is 0.294 e. The largest absolute Gasteiger partial charge is 0.436 e. The van der Waals surface area contributed by atoms with E-state index in [4.69, 9.17) is 4.42 Å². The molecular formula is C12H12BrN3O2. The van der Waals surface area contributed by atoms with Crippen LogP contribution in [0.2, 0.25) is 0 Å². The van der Waals surface area contributed by atoms with Crippen molar-refractivity contribution in [3.63, 3.8) is 0 Å². The van der Waals surface area contributed by atoms with Crippen LogP contribution >= 0.6 is 15.9 Å². The van der Waals surface area contributed by atoms with Gasteiger partial charge in [-0.05, 0) is 41.4 Å². The van der Waals surface area contributed by atoms with E-state index < -0.39 is 0 Å². The van der Waals surface area contributed by atoms with Gasteiger partial charge in [0.25, 0.3) is 5.91 Å². The number of hydrogen-bond acceptors (Lipinski definition) is 4. The normalized spacial score (nSPS) is 10.4. The number of rotatable bonds is 2. The Morgan fingerprint density at radius 1 is 1.39 bits per heavy atom. The lowest BCUT2D eigenvalue weighted by atomic mass is 10.3. The molecule has 0 aliphatic heterocycles. The van der Waals surface area contributed by atoms with Crippen LogP contribution < -0.4 is 5.32 Å². The number of hydrogen-bond donors (Lipinski definition) is 1. The molecule has 5 nitrogen and oxygen atoms in total. The lowest BCUT2D eigenvalue weighted by molar-refractivity contribution is 0.0994. The number of anilines is 1. The van der Waals surface area contributed by atoms with Gasteiger partial charge in [-0.1, -0.05) is 0 Å². The van der Waals surface area contributed by atoms with Gasteiger partial charge in [0.1, 0.15) is 5.82 Å². The fourth-order valence-corrected chi connectivity index (χ4v) is 2.02. The van der Waals surface area contributed by atoms with Crippen molar-refractivity contribution >= 4 is 27.7 Å². The van der Waals surface area contributed by atoms with E-state index >= 15 is 0 Å². The van der Waals surface area contributed by atoms with E-state index in [2.05, 4.69) is 31.2 Å². The van der Waals surface area contributed by atoms with E-state index in [0.717, 1.165) is 10.0 Å². The van der Waals surface area contributed by atoms with Crippen LogP contribution in [0.25, 0.3) is 0 Å². The molecule has 0 fully saturated rings. The minimum atomic E-state index is -0.342. The Morgan fingerprint density at radius 2 is 2.11 bits per heavy atom. The molecule has 0 spiro atoms. The number of aryl methyl sites for hydroxylation is 3.